The Balaban J connectivity index is 1.50. The van der Waals surface area contributed by atoms with Crippen LogP contribution < -0.4 is 0 Å². The average molecular weight is 473 g/mol. The van der Waals surface area contributed by atoms with Gasteiger partial charge in [0.2, 0.25) is 5.82 Å². The molecule has 1 aliphatic rings. The highest BCUT2D eigenvalue weighted by atomic mass is 19.4. The number of likely N-dealkylation sites (tertiary alicyclic amines) is 1. The van der Waals surface area contributed by atoms with Crippen molar-refractivity contribution in [3.8, 4) is 22.8 Å². The third kappa shape index (κ3) is 5.47. The summed E-state index contributed by atoms with van der Waals surface area (Å²) < 4.78 is 46.2. The molecule has 2 heterocycles. The Morgan fingerprint density at radius 3 is 2.50 bits per heavy atom. The highest BCUT2D eigenvalue weighted by Crippen LogP contribution is 2.36. The van der Waals surface area contributed by atoms with Gasteiger partial charge < -0.3 is 9.63 Å². The van der Waals surface area contributed by atoms with Crippen molar-refractivity contribution in [1.82, 2.24) is 15.0 Å². The monoisotopic (exact) mass is 473 g/mol. The fourth-order valence-electron chi connectivity index (χ4n) is 4.24. The first-order valence-corrected chi connectivity index (χ1v) is 11.2. The minimum atomic E-state index is -4.47. The summed E-state index contributed by atoms with van der Waals surface area (Å²) in [4.78, 5) is 17.5. The molecular formula is C25H26F3N3O3. The Morgan fingerprint density at radius 2 is 1.88 bits per heavy atom. The van der Waals surface area contributed by atoms with Gasteiger partial charge in [-0.3, -0.25) is 9.69 Å². The minimum absolute atomic E-state index is 0.0933. The van der Waals surface area contributed by atoms with E-state index in [4.69, 9.17) is 9.63 Å². The van der Waals surface area contributed by atoms with E-state index in [1.807, 2.05) is 38.1 Å². The third-order valence-corrected chi connectivity index (χ3v) is 5.96. The number of aliphatic carboxylic acids is 1. The molecule has 180 valence electrons. The molecule has 0 bridgehead atoms. The van der Waals surface area contributed by atoms with Crippen LogP contribution in [-0.2, 0) is 23.9 Å². The minimum Gasteiger partial charge on any atom is -0.481 e. The standard InChI is InChI=1S/C25H26F3N3O3/c1-15(2)11-18-7-8-19(12-21(18)25(26,27)28)22-29-23(34-30-22)17-5-3-16(4-6-17)13-31-10-9-20(14-31)24(32)33/h3-8,12,15,20H,9-11,13-14H2,1-2H3,(H,32,33). The Morgan fingerprint density at radius 1 is 1.18 bits per heavy atom. The van der Waals surface area contributed by atoms with E-state index < -0.39 is 17.7 Å². The van der Waals surface area contributed by atoms with E-state index in [-0.39, 0.29) is 34.7 Å². The predicted octanol–water partition coefficient (Wildman–Crippen LogP) is 5.53. The maximum Gasteiger partial charge on any atom is 0.416 e. The van der Waals surface area contributed by atoms with Gasteiger partial charge in [-0.25, -0.2) is 0 Å². The van der Waals surface area contributed by atoms with Crippen LogP contribution in [0.1, 0.15) is 37.0 Å². The van der Waals surface area contributed by atoms with Gasteiger partial charge in [0.15, 0.2) is 0 Å². The van der Waals surface area contributed by atoms with Crippen LogP contribution in [0, 0.1) is 11.8 Å². The van der Waals surface area contributed by atoms with E-state index in [1.165, 1.54) is 6.07 Å². The molecule has 9 heteroatoms. The molecule has 3 aromatic rings. The molecule has 34 heavy (non-hydrogen) atoms. The van der Waals surface area contributed by atoms with Gasteiger partial charge in [0.05, 0.1) is 11.5 Å². The summed E-state index contributed by atoms with van der Waals surface area (Å²) in [5, 5.41) is 13.0. The first-order chi connectivity index (χ1) is 16.1. The quantitative estimate of drug-likeness (QED) is 0.486. The topological polar surface area (TPSA) is 79.5 Å². The summed E-state index contributed by atoms with van der Waals surface area (Å²) >= 11 is 0. The number of benzene rings is 2. The fourth-order valence-corrected chi connectivity index (χ4v) is 4.24. The Kier molecular flexibility index (Phi) is 6.74. The van der Waals surface area contributed by atoms with Gasteiger partial charge in [0, 0.05) is 24.2 Å². The second kappa shape index (κ2) is 9.58. The van der Waals surface area contributed by atoms with Gasteiger partial charge in [-0.05, 0) is 54.6 Å². The second-order valence-corrected chi connectivity index (χ2v) is 9.15. The Bertz CT molecular complexity index is 1160. The maximum atomic E-state index is 13.6. The molecule has 0 aliphatic carbocycles. The molecule has 1 N–H and O–H groups in total. The van der Waals surface area contributed by atoms with Gasteiger partial charge >= 0.3 is 12.1 Å². The molecule has 0 radical (unpaired) electrons. The molecule has 1 unspecified atom stereocenters. The van der Waals surface area contributed by atoms with Crippen LogP contribution in [0.2, 0.25) is 0 Å². The lowest BCUT2D eigenvalue weighted by Gasteiger charge is -2.15. The number of hydrogen-bond donors (Lipinski definition) is 1. The molecular weight excluding hydrogens is 447 g/mol. The SMILES string of the molecule is CC(C)Cc1ccc(-c2noc(-c3ccc(CN4CCC(C(=O)O)C4)cc3)n2)cc1C(F)(F)F. The van der Waals surface area contributed by atoms with Crippen molar-refractivity contribution in [2.75, 3.05) is 13.1 Å². The van der Waals surface area contributed by atoms with Crippen molar-refractivity contribution in [3.63, 3.8) is 0 Å². The van der Waals surface area contributed by atoms with Crippen LogP contribution in [0.15, 0.2) is 47.0 Å². The van der Waals surface area contributed by atoms with Gasteiger partial charge in [-0.1, -0.05) is 43.3 Å². The molecule has 1 fully saturated rings. The number of carbonyl (C=O) groups is 1. The molecule has 0 amide bonds. The zero-order chi connectivity index (χ0) is 24.5. The highest BCUT2D eigenvalue weighted by Gasteiger charge is 2.34. The average Bonchev–Trinajstić information content (AvgIpc) is 3.44. The van der Waals surface area contributed by atoms with Crippen LogP contribution in [-0.4, -0.2) is 39.2 Å². The molecule has 0 spiro atoms. The summed E-state index contributed by atoms with van der Waals surface area (Å²) in [7, 11) is 0. The van der Waals surface area contributed by atoms with E-state index in [1.54, 1.807) is 6.07 Å². The highest BCUT2D eigenvalue weighted by molar-refractivity contribution is 5.70. The summed E-state index contributed by atoms with van der Waals surface area (Å²) in [5.74, 6) is -0.683. The van der Waals surface area contributed by atoms with Crippen molar-refractivity contribution in [3.05, 3.63) is 59.2 Å². The molecule has 1 atom stereocenters. The number of hydrogen-bond acceptors (Lipinski definition) is 5. The first kappa shape index (κ1) is 23.9. The van der Waals surface area contributed by atoms with Crippen molar-refractivity contribution in [2.24, 2.45) is 11.8 Å². The van der Waals surface area contributed by atoms with Crippen molar-refractivity contribution in [2.45, 2.75) is 39.4 Å². The number of carboxylic acid groups (broad SMARTS) is 1. The summed E-state index contributed by atoms with van der Waals surface area (Å²) in [6, 6.07) is 11.6. The molecule has 4 rings (SSSR count). The number of alkyl halides is 3. The molecule has 6 nitrogen and oxygen atoms in total. The van der Waals surface area contributed by atoms with Crippen LogP contribution in [0.25, 0.3) is 22.8 Å². The number of rotatable bonds is 7. The van der Waals surface area contributed by atoms with E-state index in [9.17, 15) is 18.0 Å². The van der Waals surface area contributed by atoms with E-state index >= 15 is 0 Å². The Hall–Kier alpha value is -3.20. The fraction of sp³-hybridized carbons (Fsp3) is 0.400. The maximum absolute atomic E-state index is 13.6. The number of halogens is 3. The zero-order valence-corrected chi connectivity index (χ0v) is 19.0. The van der Waals surface area contributed by atoms with Gasteiger partial charge in [0.25, 0.3) is 5.89 Å². The predicted molar refractivity (Wildman–Crippen MR) is 120 cm³/mol. The van der Waals surface area contributed by atoms with Crippen LogP contribution in [0.5, 0.6) is 0 Å². The summed E-state index contributed by atoms with van der Waals surface area (Å²) in [6.07, 6.45) is -3.50. The molecule has 1 aromatic heterocycles. The van der Waals surface area contributed by atoms with E-state index in [0.29, 0.717) is 31.5 Å². The lowest BCUT2D eigenvalue weighted by atomic mass is 9.95. The van der Waals surface area contributed by atoms with E-state index in [2.05, 4.69) is 15.0 Å². The van der Waals surface area contributed by atoms with E-state index in [0.717, 1.165) is 18.2 Å². The lowest BCUT2D eigenvalue weighted by Crippen LogP contribution is -2.22. The number of nitrogens with zero attached hydrogens (tertiary/aromatic N) is 3. The summed E-state index contributed by atoms with van der Waals surface area (Å²) in [5.41, 5.74) is 1.48. The van der Waals surface area contributed by atoms with Gasteiger partial charge in [-0.2, -0.15) is 18.2 Å². The van der Waals surface area contributed by atoms with Crippen molar-refractivity contribution >= 4 is 5.97 Å². The van der Waals surface area contributed by atoms with Gasteiger partial charge in [0.1, 0.15) is 0 Å². The summed E-state index contributed by atoms with van der Waals surface area (Å²) in [6.45, 7) is 5.66. The first-order valence-electron chi connectivity index (χ1n) is 11.2. The molecule has 1 saturated heterocycles. The number of aromatic nitrogens is 2. The van der Waals surface area contributed by atoms with Crippen LogP contribution in [0.4, 0.5) is 13.2 Å². The molecule has 0 saturated carbocycles. The smallest absolute Gasteiger partial charge is 0.416 e. The second-order valence-electron chi connectivity index (χ2n) is 9.15. The van der Waals surface area contributed by atoms with Crippen LogP contribution in [0.3, 0.4) is 0 Å². The number of carboxylic acids is 1. The molecule has 1 aliphatic heterocycles. The van der Waals surface area contributed by atoms with Gasteiger partial charge in [-0.15, -0.1) is 0 Å². The van der Waals surface area contributed by atoms with Crippen molar-refractivity contribution in [1.29, 1.82) is 0 Å². The normalized spacial score (nSPS) is 16.9. The molecule has 2 aromatic carbocycles. The zero-order valence-electron chi connectivity index (χ0n) is 19.0. The van der Waals surface area contributed by atoms with Crippen LogP contribution >= 0.6 is 0 Å². The van der Waals surface area contributed by atoms with Crippen molar-refractivity contribution < 1.29 is 27.6 Å². The largest absolute Gasteiger partial charge is 0.481 e. The lowest BCUT2D eigenvalue weighted by molar-refractivity contribution is -0.141. The Labute approximate surface area is 195 Å². The third-order valence-electron chi connectivity index (χ3n) is 5.96.